The van der Waals surface area contributed by atoms with E-state index in [2.05, 4.69) is 530 Å². The number of hydrogen-bond acceptors (Lipinski definition) is 0. The van der Waals surface area contributed by atoms with Crippen LogP contribution in [0.1, 0.15) is 163 Å². The van der Waals surface area contributed by atoms with Gasteiger partial charge in [0.2, 0.25) is 0 Å². The van der Waals surface area contributed by atoms with Crippen molar-refractivity contribution in [2.75, 3.05) is 0 Å². The van der Waals surface area contributed by atoms with Crippen molar-refractivity contribution in [1.82, 2.24) is 0 Å². The van der Waals surface area contributed by atoms with Gasteiger partial charge in [0.05, 0.1) is 54.5 Å². The number of aryl methyl sites for hydroxylation is 1. The monoisotopic (exact) mass is 1670 g/mol. The van der Waals surface area contributed by atoms with Gasteiger partial charge in [0.25, 0.3) is 0 Å². The smallest absolute Gasteiger partial charge is 0.0625 e. The van der Waals surface area contributed by atoms with Crippen LogP contribution in [0.4, 0.5) is 0 Å². The van der Waals surface area contributed by atoms with Gasteiger partial charge in [-0.2, -0.15) is 0 Å². The van der Waals surface area contributed by atoms with Crippen LogP contribution in [0, 0.1) is 5.92 Å². The van der Waals surface area contributed by atoms with Crippen LogP contribution in [0.5, 0.6) is 0 Å². The minimum absolute atomic E-state index is 0.0249. The summed E-state index contributed by atoms with van der Waals surface area (Å²) in [6, 6.07) is 151. The van der Waals surface area contributed by atoms with E-state index in [9.17, 15) is 0 Å². The van der Waals surface area contributed by atoms with Gasteiger partial charge in [-0.15, -0.1) is 0 Å². The van der Waals surface area contributed by atoms with E-state index < -0.39 is 0 Å². The van der Waals surface area contributed by atoms with Gasteiger partial charge < -0.3 is 0 Å². The molecular formula is C115H125S5+5. The lowest BCUT2D eigenvalue weighted by Crippen LogP contribution is -2.13. The lowest BCUT2D eigenvalue weighted by atomic mass is 9.87. The van der Waals surface area contributed by atoms with Crippen LogP contribution in [0.15, 0.2) is 486 Å². The topological polar surface area (TPSA) is 0 Å². The Hall–Kier alpha value is -9.95. The minimum atomic E-state index is -0.106. The lowest BCUT2D eigenvalue weighted by molar-refractivity contribution is 0.589. The molecular weight excluding hydrogens is 1540 g/mol. The molecule has 610 valence electrons. The van der Waals surface area contributed by atoms with Crippen molar-refractivity contribution >= 4 is 54.5 Å². The van der Waals surface area contributed by atoms with Crippen molar-refractivity contribution < 1.29 is 0 Å². The summed E-state index contributed by atoms with van der Waals surface area (Å²) in [6.45, 7) is 38.5. The Morgan fingerprint density at radius 1 is 0.183 bits per heavy atom. The van der Waals surface area contributed by atoms with E-state index in [4.69, 9.17) is 0 Å². The Kier molecular flexibility index (Phi) is 32.9. The normalized spacial score (nSPS) is 11.6. The molecule has 0 aromatic heterocycles. The molecule has 120 heavy (non-hydrogen) atoms. The van der Waals surface area contributed by atoms with Crippen LogP contribution in [-0.4, -0.2) is 0 Å². The first-order valence-electron chi connectivity index (χ1n) is 42.5. The maximum atomic E-state index is 2.34. The van der Waals surface area contributed by atoms with Crippen molar-refractivity contribution in [1.29, 1.82) is 0 Å². The number of rotatable bonds is 19. The Morgan fingerprint density at radius 3 is 0.483 bits per heavy atom. The van der Waals surface area contributed by atoms with Crippen molar-refractivity contribution in [3.63, 3.8) is 0 Å². The third-order valence-corrected chi connectivity index (χ3v) is 32.0. The molecule has 0 aliphatic carbocycles. The first-order chi connectivity index (χ1) is 57.7. The molecule has 0 atom stereocenters. The van der Waals surface area contributed by atoms with Gasteiger partial charge >= 0.3 is 0 Å². The summed E-state index contributed by atoms with van der Waals surface area (Å²) in [5.74, 6) is 1.25. The van der Waals surface area contributed by atoms with Crippen LogP contribution in [-0.2, 0) is 89.0 Å². The van der Waals surface area contributed by atoms with Gasteiger partial charge in [-0.1, -0.05) is 348 Å². The second-order valence-electron chi connectivity index (χ2n) is 35.1. The standard InChI is InChI=1S/C30H39S.2C22H23S.C21H21S.C20H19S/c1-22(2)21-23-9-15-26(16-10-23)31(27-17-11-24(12-18-27)29(3,4)5)28-19-13-25(14-20-28)30(6,7)8;2*1-22(2,3)18-14-16-21(17-15-18)23(19-10-6-4-7-11-19)20-12-8-5-9-13-20;1-17(2)18-13-15-21(16-14-18)22(19-9-5-3-6-10-19)20-11-7-4-8-12-20;1-2-17-13-15-20(16-14-17)21(18-9-5-3-6-10-18)19-11-7-4-8-12-19/h9-20,22H,21H2,1-8H3;2*4-17H,1-3H3;3-17H,1-2H3;3-16H,2H2,1H3/q5*+1. The quantitative estimate of drug-likeness (QED) is 0.0708. The molecule has 0 nitrogen and oxygen atoms in total. The van der Waals surface area contributed by atoms with Gasteiger partial charge in [-0.3, -0.25) is 0 Å². The molecule has 0 saturated heterocycles. The van der Waals surface area contributed by atoms with E-state index in [1.807, 2.05) is 0 Å². The van der Waals surface area contributed by atoms with Crippen LogP contribution < -0.4 is 0 Å². The maximum absolute atomic E-state index is 2.34. The second-order valence-corrected chi connectivity index (χ2v) is 45.2. The fraction of sp³-hybridized carbons (Fsp3) is 0.217. The summed E-state index contributed by atoms with van der Waals surface area (Å²) in [4.78, 5) is 20.6. The highest BCUT2D eigenvalue weighted by atomic mass is 32.2. The van der Waals surface area contributed by atoms with Crippen LogP contribution in [0.2, 0.25) is 0 Å². The van der Waals surface area contributed by atoms with Crippen LogP contribution in [0.3, 0.4) is 0 Å². The van der Waals surface area contributed by atoms with Gasteiger partial charge in [-0.05, 0) is 267 Å². The molecule has 0 aliphatic heterocycles. The Labute approximate surface area is 737 Å². The zero-order valence-electron chi connectivity index (χ0n) is 73.9. The van der Waals surface area contributed by atoms with Crippen LogP contribution in [0.25, 0.3) is 0 Å². The molecule has 15 aromatic carbocycles. The minimum Gasteiger partial charge on any atom is -0.0625 e. The van der Waals surface area contributed by atoms with Crippen molar-refractivity contribution in [3.05, 3.63) is 451 Å². The molecule has 15 aromatic rings. The van der Waals surface area contributed by atoms with Gasteiger partial charge in [0.1, 0.15) is 0 Å². The van der Waals surface area contributed by atoms with E-state index in [1.165, 1.54) is 112 Å². The van der Waals surface area contributed by atoms with Crippen molar-refractivity contribution in [2.24, 2.45) is 5.92 Å². The molecule has 0 unspecified atom stereocenters. The average molecular weight is 1670 g/mol. The largest absolute Gasteiger partial charge is 0.166 e. The Bertz CT molecular complexity index is 5070. The fourth-order valence-corrected chi connectivity index (χ4v) is 24.3. The number of benzene rings is 15. The van der Waals surface area contributed by atoms with E-state index in [-0.39, 0.29) is 76.1 Å². The highest BCUT2D eigenvalue weighted by Gasteiger charge is 2.35. The molecule has 0 N–H and O–H groups in total. The molecule has 0 saturated carbocycles. The summed E-state index contributed by atoms with van der Waals surface area (Å²) >= 11 is 0. The molecule has 0 amide bonds. The van der Waals surface area contributed by atoms with E-state index in [0.717, 1.165) is 12.8 Å². The summed E-state index contributed by atoms with van der Waals surface area (Å²) in [7, 11) is -0.266. The Balaban J connectivity index is 0.000000148. The zero-order chi connectivity index (χ0) is 85.2. The lowest BCUT2D eigenvalue weighted by Gasteiger charge is -2.20. The van der Waals surface area contributed by atoms with Crippen molar-refractivity contribution in [2.45, 2.75) is 232 Å². The van der Waals surface area contributed by atoms with Gasteiger partial charge in [0.15, 0.2) is 73.4 Å². The third-order valence-electron chi connectivity index (χ3n) is 20.8. The van der Waals surface area contributed by atoms with Crippen LogP contribution >= 0.6 is 0 Å². The fourth-order valence-electron chi connectivity index (χ4n) is 13.9. The molecule has 5 heteroatoms. The van der Waals surface area contributed by atoms with Gasteiger partial charge in [-0.25, -0.2) is 0 Å². The highest BCUT2D eigenvalue weighted by molar-refractivity contribution is 7.98. The predicted octanol–water partition coefficient (Wildman–Crippen LogP) is 32.0. The average Bonchev–Trinajstić information content (AvgIpc) is 0.804. The molecule has 15 rings (SSSR count). The molecule has 0 radical (unpaired) electrons. The summed E-state index contributed by atoms with van der Waals surface area (Å²) in [6.07, 6.45) is 2.22. The Morgan fingerprint density at radius 2 is 0.333 bits per heavy atom. The summed E-state index contributed by atoms with van der Waals surface area (Å²) in [5, 5.41) is 0. The molecule has 0 fully saturated rings. The highest BCUT2D eigenvalue weighted by Crippen LogP contribution is 2.40. The molecule has 0 heterocycles. The predicted molar refractivity (Wildman–Crippen MR) is 524 cm³/mol. The first kappa shape index (κ1) is 90.8. The van der Waals surface area contributed by atoms with E-state index in [1.54, 1.807) is 0 Å². The molecule has 0 bridgehead atoms. The van der Waals surface area contributed by atoms with E-state index in [0.29, 0.717) is 11.8 Å². The molecule has 0 spiro atoms. The SMILES string of the molecule is CC(C)(C)c1ccc([S+](c2ccccc2)c2ccccc2)cc1.CC(C)(C)c1ccc([S+](c2ccccc2)c2ccccc2)cc1.CC(C)Cc1ccc([S+](c2ccc(C(C)(C)C)cc2)c2ccc(C(C)(C)C)cc2)cc1.CC(C)c1ccc([S+](c2ccccc2)c2ccccc2)cc1.CCc1ccc([S+](c2ccccc2)c2ccccc2)cc1. The van der Waals surface area contributed by atoms with E-state index >= 15 is 0 Å². The van der Waals surface area contributed by atoms with Crippen molar-refractivity contribution in [3.8, 4) is 0 Å². The zero-order valence-corrected chi connectivity index (χ0v) is 78.0. The first-order valence-corrected chi connectivity index (χ1v) is 48.6. The second kappa shape index (κ2) is 43.5. The summed E-state index contributed by atoms with van der Waals surface area (Å²) < 4.78 is 0. The number of hydrogen-bond donors (Lipinski definition) is 0. The maximum Gasteiger partial charge on any atom is 0.166 e. The molecule has 0 aliphatic rings. The summed E-state index contributed by atoms with van der Waals surface area (Å²) in [5.41, 5.74) is 10.5. The third kappa shape index (κ3) is 26.0. The van der Waals surface area contributed by atoms with Gasteiger partial charge in [0, 0.05) is 0 Å².